The van der Waals surface area contributed by atoms with Gasteiger partial charge in [-0.1, -0.05) is 6.42 Å². The van der Waals surface area contributed by atoms with E-state index in [4.69, 9.17) is 4.74 Å². The molecule has 1 aliphatic carbocycles. The summed E-state index contributed by atoms with van der Waals surface area (Å²) in [6.07, 6.45) is 3.67. The molecule has 20 heavy (non-hydrogen) atoms. The van der Waals surface area contributed by atoms with Gasteiger partial charge in [-0.05, 0) is 31.2 Å². The van der Waals surface area contributed by atoms with Crippen molar-refractivity contribution < 1.29 is 14.8 Å². The van der Waals surface area contributed by atoms with Crippen LogP contribution in [0.5, 0.6) is 5.75 Å². The highest BCUT2D eigenvalue weighted by Crippen LogP contribution is 2.30. The molecule has 0 aromatic heterocycles. The highest BCUT2D eigenvalue weighted by molar-refractivity contribution is 5.57. The van der Waals surface area contributed by atoms with E-state index in [1.807, 2.05) is 0 Å². The summed E-state index contributed by atoms with van der Waals surface area (Å²) in [4.78, 5) is 10.4. The number of nitrogens with zero attached hydrogens (tertiary/aromatic N) is 1. The summed E-state index contributed by atoms with van der Waals surface area (Å²) >= 11 is 0. The van der Waals surface area contributed by atoms with Gasteiger partial charge in [0.15, 0.2) is 5.75 Å². The van der Waals surface area contributed by atoms with Crippen LogP contribution < -0.4 is 10.1 Å². The summed E-state index contributed by atoms with van der Waals surface area (Å²) in [5.41, 5.74) is 0.763. The van der Waals surface area contributed by atoms with Gasteiger partial charge in [-0.2, -0.15) is 0 Å². The van der Waals surface area contributed by atoms with Crippen molar-refractivity contribution in [1.82, 2.24) is 0 Å². The fourth-order valence-corrected chi connectivity index (χ4v) is 2.65. The van der Waals surface area contributed by atoms with E-state index >= 15 is 0 Å². The Morgan fingerprint density at radius 3 is 2.95 bits per heavy atom. The fraction of sp³-hybridized carbons (Fsp3) is 0.571. The van der Waals surface area contributed by atoms with Crippen LogP contribution in [0, 0.1) is 16.0 Å². The molecule has 6 heteroatoms. The topological polar surface area (TPSA) is 84.6 Å². The summed E-state index contributed by atoms with van der Waals surface area (Å²) in [6.45, 7) is 0.762. The minimum Gasteiger partial charge on any atom is -0.490 e. The monoisotopic (exact) mass is 280 g/mol. The smallest absolute Gasteiger partial charge is 0.311 e. The van der Waals surface area contributed by atoms with Gasteiger partial charge in [0.2, 0.25) is 0 Å². The molecule has 0 radical (unpaired) electrons. The Kier molecular flexibility index (Phi) is 4.79. The lowest BCUT2D eigenvalue weighted by Crippen LogP contribution is -2.24. The van der Waals surface area contributed by atoms with Crippen molar-refractivity contribution in [3.05, 3.63) is 28.3 Å². The second kappa shape index (κ2) is 6.56. The van der Waals surface area contributed by atoms with Crippen molar-refractivity contribution in [2.24, 2.45) is 5.92 Å². The molecule has 2 atom stereocenters. The molecule has 1 aliphatic rings. The number of aliphatic hydroxyl groups is 1. The van der Waals surface area contributed by atoms with Crippen LogP contribution in [-0.2, 0) is 0 Å². The second-order valence-corrected chi connectivity index (χ2v) is 5.21. The van der Waals surface area contributed by atoms with E-state index in [0.29, 0.717) is 5.92 Å². The zero-order valence-corrected chi connectivity index (χ0v) is 11.5. The number of benzene rings is 1. The molecule has 1 saturated carbocycles. The summed E-state index contributed by atoms with van der Waals surface area (Å²) in [6, 6.07) is 4.76. The molecule has 110 valence electrons. The van der Waals surface area contributed by atoms with E-state index < -0.39 is 4.92 Å². The van der Waals surface area contributed by atoms with Crippen LogP contribution in [0.3, 0.4) is 0 Å². The average molecular weight is 280 g/mol. The first-order chi connectivity index (χ1) is 9.60. The molecule has 0 amide bonds. The zero-order valence-electron chi connectivity index (χ0n) is 11.5. The third-order valence-corrected chi connectivity index (χ3v) is 3.73. The number of hydrogen-bond donors (Lipinski definition) is 2. The van der Waals surface area contributed by atoms with Crippen molar-refractivity contribution in [2.75, 3.05) is 19.0 Å². The van der Waals surface area contributed by atoms with Gasteiger partial charge in [0.1, 0.15) is 0 Å². The molecule has 0 aliphatic heterocycles. The number of ether oxygens (including phenoxy) is 1. The molecule has 6 nitrogen and oxygen atoms in total. The minimum absolute atomic E-state index is 0.0360. The lowest BCUT2D eigenvalue weighted by molar-refractivity contribution is -0.385. The quantitative estimate of drug-likeness (QED) is 0.639. The summed E-state index contributed by atoms with van der Waals surface area (Å²) in [7, 11) is 1.42. The lowest BCUT2D eigenvalue weighted by Gasteiger charge is -2.26. The van der Waals surface area contributed by atoms with Crippen molar-refractivity contribution in [1.29, 1.82) is 0 Å². The third kappa shape index (κ3) is 3.60. The number of hydrogen-bond acceptors (Lipinski definition) is 5. The van der Waals surface area contributed by atoms with Crippen LogP contribution in [0.2, 0.25) is 0 Å². The first kappa shape index (κ1) is 14.6. The van der Waals surface area contributed by atoms with Crippen molar-refractivity contribution in [2.45, 2.75) is 31.8 Å². The van der Waals surface area contributed by atoms with E-state index in [2.05, 4.69) is 5.32 Å². The molecule has 2 rings (SSSR count). The largest absolute Gasteiger partial charge is 0.490 e. The fourth-order valence-electron chi connectivity index (χ4n) is 2.65. The second-order valence-electron chi connectivity index (χ2n) is 5.21. The normalized spacial score (nSPS) is 22.3. The number of anilines is 1. The van der Waals surface area contributed by atoms with Gasteiger partial charge in [-0.25, -0.2) is 0 Å². The lowest BCUT2D eigenvalue weighted by atomic mass is 9.87. The molecule has 1 aromatic carbocycles. The Morgan fingerprint density at radius 1 is 1.50 bits per heavy atom. The SMILES string of the molecule is COc1cc(NCC2CCCC(O)C2)ccc1[N+](=O)[O-]. The third-order valence-electron chi connectivity index (χ3n) is 3.73. The summed E-state index contributed by atoms with van der Waals surface area (Å²) in [5, 5.41) is 23.7. The highest BCUT2D eigenvalue weighted by Gasteiger charge is 2.20. The van der Waals surface area contributed by atoms with Gasteiger partial charge >= 0.3 is 5.69 Å². The summed E-state index contributed by atoms with van der Waals surface area (Å²) < 4.78 is 5.03. The van der Waals surface area contributed by atoms with Crippen LogP contribution in [0.4, 0.5) is 11.4 Å². The number of nitro benzene ring substituents is 1. The van der Waals surface area contributed by atoms with E-state index in [9.17, 15) is 15.2 Å². The van der Waals surface area contributed by atoms with Gasteiger partial charge < -0.3 is 15.2 Å². The van der Waals surface area contributed by atoms with Gasteiger partial charge in [0.05, 0.1) is 18.1 Å². The van der Waals surface area contributed by atoms with E-state index in [0.717, 1.165) is 37.9 Å². The number of methoxy groups -OCH3 is 1. The molecule has 0 bridgehead atoms. The standard InChI is InChI=1S/C14H20N2O4/c1-20-14-8-11(5-6-13(14)16(18)19)15-9-10-3-2-4-12(17)7-10/h5-6,8,10,12,15,17H,2-4,7,9H2,1H3. The molecule has 1 fully saturated rings. The van der Waals surface area contributed by atoms with Crippen LogP contribution in [-0.4, -0.2) is 29.8 Å². The van der Waals surface area contributed by atoms with E-state index in [1.165, 1.54) is 13.2 Å². The Hall–Kier alpha value is -1.82. The van der Waals surface area contributed by atoms with Gasteiger partial charge in [0, 0.05) is 24.4 Å². The Bertz CT molecular complexity index is 478. The minimum atomic E-state index is -0.458. The van der Waals surface area contributed by atoms with Crippen LogP contribution in [0.25, 0.3) is 0 Å². The maximum atomic E-state index is 10.8. The number of rotatable bonds is 5. The molecular weight excluding hydrogens is 260 g/mol. The number of aliphatic hydroxyl groups excluding tert-OH is 1. The van der Waals surface area contributed by atoms with Gasteiger partial charge in [-0.15, -0.1) is 0 Å². The molecule has 1 aromatic rings. The Labute approximate surface area is 117 Å². The van der Waals surface area contributed by atoms with Gasteiger partial charge in [-0.3, -0.25) is 10.1 Å². The molecule has 2 unspecified atom stereocenters. The molecular formula is C14H20N2O4. The predicted octanol–water partition coefficient (Wildman–Crippen LogP) is 2.57. The Morgan fingerprint density at radius 2 is 2.30 bits per heavy atom. The van der Waals surface area contributed by atoms with Crippen LogP contribution in [0.15, 0.2) is 18.2 Å². The maximum Gasteiger partial charge on any atom is 0.311 e. The van der Waals surface area contributed by atoms with Crippen molar-refractivity contribution in [3.63, 3.8) is 0 Å². The van der Waals surface area contributed by atoms with E-state index in [1.54, 1.807) is 12.1 Å². The number of nitrogens with one attached hydrogen (secondary N) is 1. The highest BCUT2D eigenvalue weighted by atomic mass is 16.6. The zero-order chi connectivity index (χ0) is 14.5. The van der Waals surface area contributed by atoms with E-state index in [-0.39, 0.29) is 17.5 Å². The van der Waals surface area contributed by atoms with Crippen LogP contribution >= 0.6 is 0 Å². The first-order valence-electron chi connectivity index (χ1n) is 6.84. The first-order valence-corrected chi connectivity index (χ1v) is 6.84. The molecule has 0 saturated heterocycles. The maximum absolute atomic E-state index is 10.8. The van der Waals surface area contributed by atoms with Crippen LogP contribution in [0.1, 0.15) is 25.7 Å². The molecule has 0 heterocycles. The predicted molar refractivity (Wildman–Crippen MR) is 76.1 cm³/mol. The number of nitro groups is 1. The molecule has 0 spiro atoms. The van der Waals surface area contributed by atoms with Crippen molar-refractivity contribution >= 4 is 11.4 Å². The summed E-state index contributed by atoms with van der Waals surface area (Å²) in [5.74, 6) is 0.698. The van der Waals surface area contributed by atoms with Crippen molar-refractivity contribution in [3.8, 4) is 5.75 Å². The molecule has 2 N–H and O–H groups in total. The Balaban J connectivity index is 1.97. The average Bonchev–Trinajstić information content (AvgIpc) is 2.44. The van der Waals surface area contributed by atoms with Gasteiger partial charge in [0.25, 0.3) is 0 Å².